The van der Waals surface area contributed by atoms with Crippen molar-refractivity contribution in [2.24, 2.45) is 0 Å². The summed E-state index contributed by atoms with van der Waals surface area (Å²) in [6, 6.07) is 9.61. The molecule has 1 heterocycles. The van der Waals surface area contributed by atoms with E-state index in [1.165, 1.54) is 0 Å². The van der Waals surface area contributed by atoms with Crippen molar-refractivity contribution in [2.45, 2.75) is 31.9 Å². The van der Waals surface area contributed by atoms with E-state index in [-0.39, 0.29) is 0 Å². The lowest BCUT2D eigenvalue weighted by molar-refractivity contribution is 0.0665. The second-order valence-electron chi connectivity index (χ2n) is 4.73. The Balaban J connectivity index is 2.56. The molecule has 0 aliphatic heterocycles. The van der Waals surface area contributed by atoms with Crippen molar-refractivity contribution < 1.29 is 5.11 Å². The predicted molar refractivity (Wildman–Crippen MR) is 85.0 cm³/mol. The van der Waals surface area contributed by atoms with E-state index in [9.17, 15) is 5.11 Å². The van der Waals surface area contributed by atoms with Crippen molar-refractivity contribution in [1.29, 1.82) is 0 Å². The molecule has 0 fully saturated rings. The molecule has 3 nitrogen and oxygen atoms in total. The first kappa shape index (κ1) is 15.5. The van der Waals surface area contributed by atoms with Gasteiger partial charge >= 0.3 is 0 Å². The third kappa shape index (κ3) is 2.92. The zero-order valence-corrected chi connectivity index (χ0v) is 13.7. The Morgan fingerprint density at radius 3 is 2.65 bits per heavy atom. The smallest absolute Gasteiger partial charge is 0.133 e. The lowest BCUT2D eigenvalue weighted by Crippen LogP contribution is -2.31. The van der Waals surface area contributed by atoms with Crippen LogP contribution >= 0.6 is 27.5 Å². The Morgan fingerprint density at radius 1 is 1.35 bits per heavy atom. The summed E-state index contributed by atoms with van der Waals surface area (Å²) >= 11 is 9.43. The Hall–Kier alpha value is -0.840. The van der Waals surface area contributed by atoms with E-state index in [2.05, 4.69) is 28.0 Å². The van der Waals surface area contributed by atoms with Crippen molar-refractivity contribution >= 4 is 27.5 Å². The number of rotatable bonds is 6. The number of hydrogen-bond donors (Lipinski definition) is 1. The summed E-state index contributed by atoms with van der Waals surface area (Å²) in [5.74, 6) is 0.370. The monoisotopic (exact) mass is 356 g/mol. The minimum absolute atomic E-state index is 0.370. The van der Waals surface area contributed by atoms with Crippen LogP contribution in [-0.2, 0) is 12.1 Å². The van der Waals surface area contributed by atoms with Gasteiger partial charge in [0.1, 0.15) is 5.60 Å². The molecule has 0 spiro atoms. The van der Waals surface area contributed by atoms with Gasteiger partial charge in [-0.2, -0.15) is 5.10 Å². The molecule has 1 aromatic carbocycles. The molecule has 1 unspecified atom stereocenters. The van der Waals surface area contributed by atoms with Crippen LogP contribution < -0.4 is 0 Å². The lowest BCUT2D eigenvalue weighted by Gasteiger charge is -2.29. The zero-order valence-electron chi connectivity index (χ0n) is 11.4. The second kappa shape index (κ2) is 6.74. The molecule has 0 saturated carbocycles. The average molecular weight is 358 g/mol. The summed E-state index contributed by atoms with van der Waals surface area (Å²) in [5.41, 5.74) is 0.471. The number of benzene rings is 1. The van der Waals surface area contributed by atoms with Gasteiger partial charge in [-0.1, -0.05) is 37.3 Å². The van der Waals surface area contributed by atoms with Gasteiger partial charge in [-0.25, -0.2) is 0 Å². The summed E-state index contributed by atoms with van der Waals surface area (Å²) in [5, 5.41) is 15.6. The molecule has 2 rings (SSSR count). The number of aryl methyl sites for hydroxylation is 1. The molecule has 5 heteroatoms. The van der Waals surface area contributed by atoms with Gasteiger partial charge in [0.05, 0.1) is 16.4 Å². The normalized spacial score (nSPS) is 14.2. The molecule has 0 radical (unpaired) electrons. The average Bonchev–Trinajstić information content (AvgIpc) is 2.82. The Labute approximate surface area is 132 Å². The standard InChI is InChI=1S/C15H18BrClN2O/c1-2-10-19-14(13(16)11-18-19)15(20,8-9-17)12-6-4-3-5-7-12/h3-7,11,20H,2,8-10H2,1H3. The van der Waals surface area contributed by atoms with Gasteiger partial charge in [0.2, 0.25) is 0 Å². The number of aromatic nitrogens is 2. The Kier molecular flexibility index (Phi) is 5.24. The third-order valence-electron chi connectivity index (χ3n) is 3.33. The van der Waals surface area contributed by atoms with Crippen LogP contribution in [0.15, 0.2) is 41.0 Å². The number of hydrogen-bond acceptors (Lipinski definition) is 2. The van der Waals surface area contributed by atoms with Gasteiger partial charge in [0, 0.05) is 12.4 Å². The number of nitrogens with zero attached hydrogens (tertiary/aromatic N) is 2. The minimum Gasteiger partial charge on any atom is -0.379 e. The molecule has 1 aromatic heterocycles. The highest BCUT2D eigenvalue weighted by Crippen LogP contribution is 2.37. The molecule has 0 amide bonds. The topological polar surface area (TPSA) is 38.0 Å². The maximum absolute atomic E-state index is 11.3. The summed E-state index contributed by atoms with van der Waals surface area (Å²) in [7, 11) is 0. The van der Waals surface area contributed by atoms with Crippen molar-refractivity contribution in [3.63, 3.8) is 0 Å². The number of halogens is 2. The van der Waals surface area contributed by atoms with Gasteiger partial charge < -0.3 is 5.11 Å². The van der Waals surface area contributed by atoms with Crippen LogP contribution in [0.25, 0.3) is 0 Å². The van der Waals surface area contributed by atoms with Crippen molar-refractivity contribution in [2.75, 3.05) is 5.88 Å². The molecular formula is C15H18BrClN2O. The minimum atomic E-state index is -1.13. The Bertz CT molecular complexity index is 558. The molecule has 0 saturated heterocycles. The fourth-order valence-corrected chi connectivity index (χ4v) is 3.30. The van der Waals surface area contributed by atoms with Crippen LogP contribution in [0.5, 0.6) is 0 Å². The van der Waals surface area contributed by atoms with E-state index in [4.69, 9.17) is 11.6 Å². The quantitative estimate of drug-likeness (QED) is 0.796. The molecule has 1 N–H and O–H groups in total. The second-order valence-corrected chi connectivity index (χ2v) is 5.96. The predicted octanol–water partition coefficient (Wildman–Crippen LogP) is 3.92. The molecule has 0 bridgehead atoms. The highest BCUT2D eigenvalue weighted by atomic mass is 79.9. The van der Waals surface area contributed by atoms with E-state index in [1.807, 2.05) is 35.0 Å². The highest BCUT2D eigenvalue weighted by molar-refractivity contribution is 9.10. The van der Waals surface area contributed by atoms with E-state index in [0.717, 1.165) is 28.7 Å². The lowest BCUT2D eigenvalue weighted by atomic mass is 9.87. The first-order valence-corrected chi connectivity index (χ1v) is 8.02. The highest BCUT2D eigenvalue weighted by Gasteiger charge is 2.36. The zero-order chi connectivity index (χ0) is 14.6. The van der Waals surface area contributed by atoms with E-state index >= 15 is 0 Å². The van der Waals surface area contributed by atoms with Gasteiger partial charge in [-0.05, 0) is 34.3 Å². The first-order valence-electron chi connectivity index (χ1n) is 6.69. The van der Waals surface area contributed by atoms with Crippen LogP contribution in [0.4, 0.5) is 0 Å². The molecule has 0 aliphatic carbocycles. The summed E-state index contributed by atoms with van der Waals surface area (Å²) in [6.07, 6.45) is 3.12. The molecule has 0 aliphatic rings. The first-order chi connectivity index (χ1) is 9.63. The van der Waals surface area contributed by atoms with Crippen LogP contribution in [0.3, 0.4) is 0 Å². The molecule has 2 aromatic rings. The van der Waals surface area contributed by atoms with Crippen molar-refractivity contribution in [1.82, 2.24) is 9.78 Å². The van der Waals surface area contributed by atoms with Crippen molar-refractivity contribution in [3.05, 3.63) is 52.3 Å². The fraction of sp³-hybridized carbons (Fsp3) is 0.400. The fourth-order valence-electron chi connectivity index (χ4n) is 2.41. The summed E-state index contributed by atoms with van der Waals surface area (Å²) in [6.45, 7) is 2.85. The van der Waals surface area contributed by atoms with Crippen LogP contribution in [0.2, 0.25) is 0 Å². The Morgan fingerprint density at radius 2 is 2.05 bits per heavy atom. The molecule has 1 atom stereocenters. The van der Waals surface area contributed by atoms with Crippen molar-refractivity contribution in [3.8, 4) is 0 Å². The molecular weight excluding hydrogens is 340 g/mol. The maximum atomic E-state index is 11.3. The largest absolute Gasteiger partial charge is 0.379 e. The van der Waals surface area contributed by atoms with E-state index in [1.54, 1.807) is 6.20 Å². The summed E-state index contributed by atoms with van der Waals surface area (Å²) < 4.78 is 2.66. The van der Waals surface area contributed by atoms with Gasteiger partial charge in [-0.15, -0.1) is 11.6 Å². The SMILES string of the molecule is CCCn1ncc(Br)c1C(O)(CCCl)c1ccccc1. The third-order valence-corrected chi connectivity index (χ3v) is 4.10. The van der Waals surface area contributed by atoms with Crippen LogP contribution in [0, 0.1) is 0 Å². The van der Waals surface area contributed by atoms with Gasteiger partial charge in [-0.3, -0.25) is 4.68 Å². The summed E-state index contributed by atoms with van der Waals surface area (Å²) in [4.78, 5) is 0. The van der Waals surface area contributed by atoms with Crippen LogP contribution in [-0.4, -0.2) is 20.8 Å². The maximum Gasteiger partial charge on any atom is 0.133 e. The molecule has 108 valence electrons. The van der Waals surface area contributed by atoms with Gasteiger partial charge in [0.25, 0.3) is 0 Å². The van der Waals surface area contributed by atoms with E-state index < -0.39 is 5.60 Å². The van der Waals surface area contributed by atoms with Gasteiger partial charge in [0.15, 0.2) is 0 Å². The molecule has 20 heavy (non-hydrogen) atoms. The van der Waals surface area contributed by atoms with E-state index in [0.29, 0.717) is 12.3 Å². The number of aliphatic hydroxyl groups is 1. The number of alkyl halides is 1. The van der Waals surface area contributed by atoms with Crippen LogP contribution in [0.1, 0.15) is 31.0 Å².